The number of hydrogen-bond acceptors (Lipinski definition) is 2. The molecule has 0 saturated carbocycles. The molecule has 0 aliphatic heterocycles. The molecule has 0 saturated heterocycles. The predicted molar refractivity (Wildman–Crippen MR) is 79.8 cm³/mol. The Morgan fingerprint density at radius 3 is 2.90 bits per heavy atom. The maximum atomic E-state index is 13.1. The highest BCUT2D eigenvalue weighted by molar-refractivity contribution is 6.05. The Morgan fingerprint density at radius 2 is 2.14 bits per heavy atom. The Balaban J connectivity index is 1.87. The number of aromatic amines is 1. The number of H-pyrrole nitrogens is 1. The number of amides is 1. The number of nitrogens with one attached hydrogen (secondary N) is 2. The molecule has 2 aromatic carbocycles. The molecular formula is C16H14FN3O. The van der Waals surface area contributed by atoms with E-state index >= 15 is 0 Å². The van der Waals surface area contributed by atoms with Crippen molar-refractivity contribution < 1.29 is 9.18 Å². The quantitative estimate of drug-likeness (QED) is 0.772. The van der Waals surface area contributed by atoms with E-state index in [0.29, 0.717) is 11.3 Å². The van der Waals surface area contributed by atoms with Gasteiger partial charge in [0.2, 0.25) is 0 Å². The Kier molecular flexibility index (Phi) is 3.39. The third-order valence-corrected chi connectivity index (χ3v) is 3.21. The molecule has 0 bridgehead atoms. The van der Waals surface area contributed by atoms with Gasteiger partial charge in [-0.15, -0.1) is 0 Å². The van der Waals surface area contributed by atoms with Gasteiger partial charge in [0.1, 0.15) is 11.6 Å². The Morgan fingerprint density at radius 1 is 1.29 bits per heavy atom. The first kappa shape index (κ1) is 13.3. The van der Waals surface area contributed by atoms with Gasteiger partial charge in [0, 0.05) is 17.7 Å². The minimum atomic E-state index is -0.385. The Bertz CT molecular complexity index is 810. The average molecular weight is 283 g/mol. The molecule has 1 aromatic heterocycles. The number of carbonyl (C=O) groups is 1. The molecule has 4 nitrogen and oxygen atoms in total. The highest BCUT2D eigenvalue weighted by Gasteiger charge is 2.09. The van der Waals surface area contributed by atoms with Gasteiger partial charge in [0.25, 0.3) is 5.91 Å². The van der Waals surface area contributed by atoms with E-state index in [2.05, 4.69) is 15.3 Å². The molecule has 2 N–H and O–H groups in total. The molecule has 3 aromatic rings. The molecule has 0 aliphatic rings. The van der Waals surface area contributed by atoms with E-state index in [4.69, 9.17) is 0 Å². The highest BCUT2D eigenvalue weighted by atomic mass is 19.1. The maximum Gasteiger partial charge on any atom is 0.255 e. The molecule has 1 amide bonds. The summed E-state index contributed by atoms with van der Waals surface area (Å²) < 4.78 is 13.1. The van der Waals surface area contributed by atoms with Crippen LogP contribution in [0.2, 0.25) is 0 Å². The average Bonchev–Trinajstić information content (AvgIpc) is 2.89. The second-order valence-corrected chi connectivity index (χ2v) is 4.73. The number of nitrogens with zero attached hydrogens (tertiary/aromatic N) is 1. The van der Waals surface area contributed by atoms with Crippen molar-refractivity contribution in [1.29, 1.82) is 0 Å². The first-order chi connectivity index (χ1) is 10.2. The van der Waals surface area contributed by atoms with Gasteiger partial charge in [0.15, 0.2) is 0 Å². The van der Waals surface area contributed by atoms with Crippen LogP contribution < -0.4 is 5.32 Å². The largest absolute Gasteiger partial charge is 0.342 e. The number of carbonyl (C=O) groups excluding carboxylic acids is 1. The van der Waals surface area contributed by atoms with Gasteiger partial charge < -0.3 is 10.3 Å². The lowest BCUT2D eigenvalue weighted by molar-refractivity contribution is 0.102. The van der Waals surface area contributed by atoms with Gasteiger partial charge in [0.05, 0.1) is 11.0 Å². The zero-order valence-electron chi connectivity index (χ0n) is 11.5. The summed E-state index contributed by atoms with van der Waals surface area (Å²) in [6.45, 7) is 2.01. The summed E-state index contributed by atoms with van der Waals surface area (Å²) >= 11 is 0. The normalized spacial score (nSPS) is 10.8. The van der Waals surface area contributed by atoms with E-state index in [1.165, 1.54) is 12.1 Å². The molecule has 0 radical (unpaired) electrons. The molecule has 0 atom stereocenters. The van der Waals surface area contributed by atoms with Crippen LogP contribution in [0.5, 0.6) is 0 Å². The highest BCUT2D eigenvalue weighted by Crippen LogP contribution is 2.16. The fourth-order valence-electron chi connectivity index (χ4n) is 2.14. The van der Waals surface area contributed by atoms with E-state index in [-0.39, 0.29) is 11.7 Å². The van der Waals surface area contributed by atoms with Crippen LogP contribution in [0.15, 0.2) is 42.5 Å². The number of halogens is 1. The molecule has 1 heterocycles. The fourth-order valence-corrected chi connectivity index (χ4v) is 2.14. The summed E-state index contributed by atoms with van der Waals surface area (Å²) in [4.78, 5) is 19.7. The van der Waals surface area contributed by atoms with E-state index in [1.807, 2.05) is 6.92 Å². The number of aryl methyl sites for hydroxylation is 1. The van der Waals surface area contributed by atoms with E-state index in [0.717, 1.165) is 23.3 Å². The Labute approximate surface area is 121 Å². The van der Waals surface area contributed by atoms with Gasteiger partial charge in [-0.1, -0.05) is 13.0 Å². The van der Waals surface area contributed by atoms with Crippen LogP contribution in [0, 0.1) is 5.82 Å². The molecule has 0 unspecified atom stereocenters. The van der Waals surface area contributed by atoms with Gasteiger partial charge in [-0.25, -0.2) is 9.37 Å². The zero-order chi connectivity index (χ0) is 14.8. The number of fused-ring (bicyclic) bond motifs is 1. The van der Waals surface area contributed by atoms with Crippen molar-refractivity contribution in [1.82, 2.24) is 9.97 Å². The van der Waals surface area contributed by atoms with Crippen LogP contribution in [-0.4, -0.2) is 15.9 Å². The van der Waals surface area contributed by atoms with Crippen LogP contribution >= 0.6 is 0 Å². The van der Waals surface area contributed by atoms with Crippen LogP contribution in [-0.2, 0) is 6.42 Å². The third-order valence-electron chi connectivity index (χ3n) is 3.21. The molecule has 21 heavy (non-hydrogen) atoms. The van der Waals surface area contributed by atoms with E-state index < -0.39 is 0 Å². The van der Waals surface area contributed by atoms with Crippen LogP contribution in [0.25, 0.3) is 11.0 Å². The summed E-state index contributed by atoms with van der Waals surface area (Å²) in [5.41, 5.74) is 2.57. The topological polar surface area (TPSA) is 57.8 Å². The second-order valence-electron chi connectivity index (χ2n) is 4.73. The molecule has 0 spiro atoms. The van der Waals surface area contributed by atoms with Crippen molar-refractivity contribution in [3.8, 4) is 0 Å². The van der Waals surface area contributed by atoms with Crippen LogP contribution in [0.4, 0.5) is 10.1 Å². The number of anilines is 1. The summed E-state index contributed by atoms with van der Waals surface area (Å²) in [6.07, 6.45) is 0.805. The zero-order valence-corrected chi connectivity index (χ0v) is 11.5. The fraction of sp³-hybridized carbons (Fsp3) is 0.125. The summed E-state index contributed by atoms with van der Waals surface area (Å²) in [7, 11) is 0. The van der Waals surface area contributed by atoms with Crippen molar-refractivity contribution >= 4 is 22.6 Å². The standard InChI is InChI=1S/C16H14FN3O/c1-2-15-19-13-7-6-10(8-14(13)20-15)16(21)18-12-5-3-4-11(17)9-12/h3-9H,2H2,1H3,(H,18,21)(H,19,20). The number of benzene rings is 2. The minimum Gasteiger partial charge on any atom is -0.342 e. The monoisotopic (exact) mass is 283 g/mol. The molecule has 0 fully saturated rings. The number of imidazole rings is 1. The van der Waals surface area contributed by atoms with E-state index in [1.54, 1.807) is 30.3 Å². The molecule has 0 aliphatic carbocycles. The van der Waals surface area contributed by atoms with Gasteiger partial charge in [-0.2, -0.15) is 0 Å². The van der Waals surface area contributed by atoms with Gasteiger partial charge in [-0.05, 0) is 36.4 Å². The maximum absolute atomic E-state index is 13.1. The summed E-state index contributed by atoms with van der Waals surface area (Å²) in [5.74, 6) is 0.215. The van der Waals surface area contributed by atoms with Crippen LogP contribution in [0.3, 0.4) is 0 Å². The lowest BCUT2D eigenvalue weighted by atomic mass is 10.2. The SMILES string of the molecule is CCc1nc2ccc(C(=O)Nc3cccc(F)c3)cc2[nH]1. The van der Waals surface area contributed by atoms with Crippen molar-refractivity contribution in [2.75, 3.05) is 5.32 Å². The number of aromatic nitrogens is 2. The third kappa shape index (κ3) is 2.76. The first-order valence-corrected chi connectivity index (χ1v) is 6.71. The lowest BCUT2D eigenvalue weighted by Gasteiger charge is -2.05. The van der Waals surface area contributed by atoms with Crippen LogP contribution in [0.1, 0.15) is 23.1 Å². The summed E-state index contributed by atoms with van der Waals surface area (Å²) in [6, 6.07) is 11.1. The van der Waals surface area contributed by atoms with Gasteiger partial charge in [-0.3, -0.25) is 4.79 Å². The van der Waals surface area contributed by atoms with Crippen molar-refractivity contribution in [2.24, 2.45) is 0 Å². The Hall–Kier alpha value is -2.69. The smallest absolute Gasteiger partial charge is 0.255 e. The first-order valence-electron chi connectivity index (χ1n) is 6.71. The van der Waals surface area contributed by atoms with Crippen molar-refractivity contribution in [2.45, 2.75) is 13.3 Å². The van der Waals surface area contributed by atoms with E-state index in [9.17, 15) is 9.18 Å². The predicted octanol–water partition coefficient (Wildman–Crippen LogP) is 3.52. The molecule has 106 valence electrons. The van der Waals surface area contributed by atoms with Crippen molar-refractivity contribution in [3.05, 3.63) is 59.7 Å². The lowest BCUT2D eigenvalue weighted by Crippen LogP contribution is -2.11. The second kappa shape index (κ2) is 5.36. The minimum absolute atomic E-state index is 0.282. The molecule has 3 rings (SSSR count). The van der Waals surface area contributed by atoms with Crippen molar-refractivity contribution in [3.63, 3.8) is 0 Å². The van der Waals surface area contributed by atoms with Gasteiger partial charge >= 0.3 is 0 Å². The summed E-state index contributed by atoms with van der Waals surface area (Å²) in [5, 5.41) is 2.67. The molecular weight excluding hydrogens is 269 g/mol. The molecule has 5 heteroatoms. The number of hydrogen-bond donors (Lipinski definition) is 2. The number of rotatable bonds is 3.